The van der Waals surface area contributed by atoms with Crippen LogP contribution < -0.4 is 0 Å². The van der Waals surface area contributed by atoms with Gasteiger partial charge in [0.1, 0.15) is 0 Å². The van der Waals surface area contributed by atoms with Crippen molar-refractivity contribution < 1.29 is 0 Å². The Balaban J connectivity index is 3.12. The molecular weight excluding hydrogens is 407 g/mol. The summed E-state index contributed by atoms with van der Waals surface area (Å²) < 4.78 is 0. The molecular formula is C21H31P5. The Morgan fingerprint density at radius 3 is 2.08 bits per heavy atom. The maximum Gasteiger partial charge on any atom is 0.0602 e. The van der Waals surface area contributed by atoms with Gasteiger partial charge in [0, 0.05) is 5.66 Å². The summed E-state index contributed by atoms with van der Waals surface area (Å²) in [6.45, 7) is 4.20. The molecule has 0 aromatic rings. The average molecular weight is 438 g/mol. The first-order valence-electron chi connectivity index (χ1n) is 9.30. The van der Waals surface area contributed by atoms with Gasteiger partial charge in [-0.3, -0.25) is 0 Å². The predicted molar refractivity (Wildman–Crippen MR) is 134 cm³/mol. The standard InChI is InChI=1S/C21H31P5/c1-3-4-5-6-9-12-15-18-21(24-25-22)19-16-13-10-7-8-11-14-17-20(21)26(2)23/h20,24-25H,7-8,10-11,13-14,16-17,19,22-23H2,1-2H3. The van der Waals surface area contributed by atoms with Crippen molar-refractivity contribution in [1.82, 2.24) is 0 Å². The van der Waals surface area contributed by atoms with Gasteiger partial charge in [-0.2, -0.15) is 0 Å². The van der Waals surface area contributed by atoms with E-state index in [9.17, 15) is 0 Å². The average Bonchev–Trinajstić information content (AvgIpc) is 2.66. The van der Waals surface area contributed by atoms with E-state index in [1.165, 1.54) is 57.8 Å². The van der Waals surface area contributed by atoms with Gasteiger partial charge in [-0.15, -0.1) is 17.9 Å². The van der Waals surface area contributed by atoms with Crippen LogP contribution >= 0.6 is 41.7 Å². The number of hydrogen-bond donors (Lipinski definition) is 0. The zero-order valence-corrected chi connectivity index (χ0v) is 21.2. The van der Waals surface area contributed by atoms with Gasteiger partial charge >= 0.3 is 0 Å². The van der Waals surface area contributed by atoms with E-state index < -0.39 is 0 Å². The SMILES string of the molecule is CC#CC#CC#CC#CC1(PPP)CCCCCCCCCC1P(C)P. The minimum absolute atomic E-state index is 0.0867. The highest BCUT2D eigenvalue weighted by Crippen LogP contribution is 2.64. The van der Waals surface area contributed by atoms with Gasteiger partial charge in [0.25, 0.3) is 0 Å². The molecule has 0 bridgehead atoms. The van der Waals surface area contributed by atoms with Crippen molar-refractivity contribution in [3.05, 3.63) is 0 Å². The van der Waals surface area contributed by atoms with Gasteiger partial charge in [-0.25, -0.2) is 0 Å². The van der Waals surface area contributed by atoms with Gasteiger partial charge in [0.05, 0.1) is 5.16 Å². The quantitative estimate of drug-likeness (QED) is 0.343. The van der Waals surface area contributed by atoms with E-state index in [-0.39, 0.29) is 12.8 Å². The highest BCUT2D eigenvalue weighted by atomic mass is 32.4. The second-order valence-electron chi connectivity index (χ2n) is 6.56. The lowest BCUT2D eigenvalue weighted by Gasteiger charge is -2.39. The Kier molecular flexibility index (Phi) is 14.4. The van der Waals surface area contributed by atoms with Gasteiger partial charge in [-0.1, -0.05) is 80.6 Å². The fourth-order valence-electron chi connectivity index (χ4n) is 3.37. The largest absolute Gasteiger partial charge is 0.111 e. The molecule has 0 aliphatic heterocycles. The Hall–Kier alpha value is 0.390. The van der Waals surface area contributed by atoms with Crippen molar-refractivity contribution in [1.29, 1.82) is 0 Å². The first-order chi connectivity index (χ1) is 12.7. The van der Waals surface area contributed by atoms with Crippen molar-refractivity contribution in [3.8, 4) is 47.4 Å². The molecule has 0 aromatic carbocycles. The summed E-state index contributed by atoms with van der Waals surface area (Å²) in [6, 6.07) is 0. The molecule has 0 radical (unpaired) electrons. The van der Waals surface area contributed by atoms with Gasteiger partial charge in [0.15, 0.2) is 0 Å². The lowest BCUT2D eigenvalue weighted by Crippen LogP contribution is -2.34. The Morgan fingerprint density at radius 1 is 0.885 bits per heavy atom. The van der Waals surface area contributed by atoms with E-state index in [2.05, 4.69) is 71.9 Å². The van der Waals surface area contributed by atoms with Gasteiger partial charge in [0.2, 0.25) is 0 Å². The summed E-state index contributed by atoms with van der Waals surface area (Å²) in [6.07, 6.45) is 12.1. The second kappa shape index (κ2) is 15.3. The molecule has 0 amide bonds. The molecule has 1 fully saturated rings. The molecule has 26 heavy (non-hydrogen) atoms. The van der Waals surface area contributed by atoms with Crippen molar-refractivity contribution in [2.75, 3.05) is 6.66 Å². The summed E-state index contributed by atoms with van der Waals surface area (Å²) in [7, 11) is 7.79. The van der Waals surface area contributed by atoms with Crippen LogP contribution in [0.25, 0.3) is 0 Å². The van der Waals surface area contributed by atoms with Gasteiger partial charge < -0.3 is 0 Å². The molecule has 0 nitrogen and oxygen atoms in total. The molecule has 5 heteroatoms. The van der Waals surface area contributed by atoms with Crippen LogP contribution in [0.4, 0.5) is 0 Å². The van der Waals surface area contributed by atoms with E-state index in [0.29, 0.717) is 5.66 Å². The fourth-order valence-corrected chi connectivity index (χ4v) is 12.8. The third-order valence-corrected chi connectivity index (χ3v) is 12.0. The third-order valence-electron chi connectivity index (χ3n) is 4.63. The highest BCUT2D eigenvalue weighted by Gasteiger charge is 2.38. The van der Waals surface area contributed by atoms with Crippen LogP contribution in [0, 0.1) is 47.4 Å². The minimum atomic E-state index is -0.0867. The van der Waals surface area contributed by atoms with Gasteiger partial charge in [-0.05, 0) is 62.0 Å². The summed E-state index contributed by atoms with van der Waals surface area (Å²) in [5.41, 5.74) is 0.707. The molecule has 1 aliphatic carbocycles. The molecule has 7 atom stereocenters. The Labute approximate surface area is 171 Å². The maximum absolute atomic E-state index is 3.68. The van der Waals surface area contributed by atoms with E-state index in [4.69, 9.17) is 0 Å². The second-order valence-corrected chi connectivity index (χ2v) is 16.6. The Morgan fingerprint density at radius 2 is 1.46 bits per heavy atom. The fraction of sp³-hybridized carbons (Fsp3) is 0.619. The van der Waals surface area contributed by atoms with Crippen LogP contribution in [0.15, 0.2) is 0 Å². The smallest absolute Gasteiger partial charge is 0.0602 e. The van der Waals surface area contributed by atoms with E-state index in [0.717, 1.165) is 16.2 Å². The predicted octanol–water partition coefficient (Wildman–Crippen LogP) is 6.62. The van der Waals surface area contributed by atoms with Crippen LogP contribution in [0.2, 0.25) is 0 Å². The van der Waals surface area contributed by atoms with Crippen LogP contribution in [-0.4, -0.2) is 17.5 Å². The van der Waals surface area contributed by atoms with Crippen molar-refractivity contribution in [2.45, 2.75) is 75.5 Å². The molecule has 0 aromatic heterocycles. The molecule has 1 saturated carbocycles. The van der Waals surface area contributed by atoms with Crippen molar-refractivity contribution in [3.63, 3.8) is 0 Å². The van der Waals surface area contributed by atoms with E-state index in [1.807, 2.05) is 0 Å². The first kappa shape index (κ1) is 24.4. The number of rotatable bonds is 3. The number of hydrogen-bond acceptors (Lipinski definition) is 0. The summed E-state index contributed by atoms with van der Waals surface area (Å²) in [5.74, 6) is 23.6. The third kappa shape index (κ3) is 9.54. The summed E-state index contributed by atoms with van der Waals surface area (Å²) in [4.78, 5) is 0. The lowest BCUT2D eigenvalue weighted by atomic mass is 9.94. The zero-order valence-electron chi connectivity index (χ0n) is 16.0. The van der Waals surface area contributed by atoms with E-state index in [1.54, 1.807) is 6.92 Å². The topological polar surface area (TPSA) is 0 Å². The summed E-state index contributed by atoms with van der Waals surface area (Å²) in [5, 5.41) is 0.151. The van der Waals surface area contributed by atoms with Crippen LogP contribution in [0.5, 0.6) is 0 Å². The maximum atomic E-state index is 3.68. The van der Waals surface area contributed by atoms with E-state index >= 15 is 0 Å². The Bertz CT molecular complexity index is 653. The first-order valence-corrected chi connectivity index (χ1v) is 17.6. The molecule has 140 valence electrons. The molecule has 0 heterocycles. The molecule has 0 saturated heterocycles. The van der Waals surface area contributed by atoms with Crippen molar-refractivity contribution in [2.24, 2.45) is 0 Å². The normalized spacial score (nSPS) is 25.5. The van der Waals surface area contributed by atoms with Crippen LogP contribution in [-0.2, 0) is 0 Å². The zero-order chi connectivity index (χ0) is 19.1. The van der Waals surface area contributed by atoms with Crippen LogP contribution in [0.3, 0.4) is 0 Å². The molecule has 0 N–H and O–H groups in total. The molecule has 1 aliphatic rings. The molecule has 7 unspecified atom stereocenters. The molecule has 1 rings (SSSR count). The highest BCUT2D eigenvalue weighted by molar-refractivity contribution is 8.39. The molecule has 0 spiro atoms. The summed E-state index contributed by atoms with van der Waals surface area (Å²) >= 11 is 0. The minimum Gasteiger partial charge on any atom is -0.111 e. The monoisotopic (exact) mass is 438 g/mol. The van der Waals surface area contributed by atoms with Crippen LogP contribution in [0.1, 0.15) is 64.7 Å². The van der Waals surface area contributed by atoms with Crippen molar-refractivity contribution >= 4 is 41.7 Å². The lowest BCUT2D eigenvalue weighted by molar-refractivity contribution is 0.544.